The van der Waals surface area contributed by atoms with Crippen LogP contribution in [0.25, 0.3) is 0 Å². The summed E-state index contributed by atoms with van der Waals surface area (Å²) < 4.78 is 0. The van der Waals surface area contributed by atoms with Crippen LogP contribution in [0, 0.1) is 10.1 Å². The molecule has 0 N–H and O–H groups in total. The summed E-state index contributed by atoms with van der Waals surface area (Å²) in [5.41, 5.74) is 1.17. The van der Waals surface area contributed by atoms with Crippen molar-refractivity contribution in [1.82, 2.24) is 0 Å². The summed E-state index contributed by atoms with van der Waals surface area (Å²) in [6.07, 6.45) is 3.85. The Bertz CT molecular complexity index is 540. The summed E-state index contributed by atoms with van der Waals surface area (Å²) in [5, 5.41) is 12.7. The van der Waals surface area contributed by atoms with E-state index in [0.717, 1.165) is 31.2 Å². The minimum atomic E-state index is -0.386. The normalized spacial score (nSPS) is 12.2. The smallest absolute Gasteiger partial charge is 0.258 e. The van der Waals surface area contributed by atoms with E-state index in [2.05, 4.69) is 17.5 Å². The highest BCUT2D eigenvalue weighted by atomic mass is 35.5. The Morgan fingerprint density at radius 3 is 2.60 bits per heavy atom. The van der Waals surface area contributed by atoms with E-state index in [9.17, 15) is 10.1 Å². The van der Waals surface area contributed by atoms with Gasteiger partial charge in [0.1, 0.15) is 0 Å². The fraction of sp³-hybridized carbons (Fsp3) is 0.333. The van der Waals surface area contributed by atoms with Gasteiger partial charge in [0, 0.05) is 22.4 Å². The van der Waals surface area contributed by atoms with Crippen molar-refractivity contribution in [2.45, 2.75) is 31.1 Å². The highest BCUT2D eigenvalue weighted by molar-refractivity contribution is 7.09. The van der Waals surface area contributed by atoms with Gasteiger partial charge < -0.3 is 0 Å². The van der Waals surface area contributed by atoms with E-state index in [1.54, 1.807) is 23.5 Å². The Morgan fingerprint density at radius 1 is 1.25 bits per heavy atom. The van der Waals surface area contributed by atoms with Crippen LogP contribution in [0.4, 0.5) is 5.69 Å². The lowest BCUT2D eigenvalue weighted by Crippen LogP contribution is -2.04. The maximum atomic E-state index is 10.6. The molecule has 0 amide bonds. The molecule has 1 heterocycles. The number of nitro benzene ring substituents is 1. The van der Waals surface area contributed by atoms with Crippen molar-refractivity contribution in [3.8, 4) is 0 Å². The van der Waals surface area contributed by atoms with Gasteiger partial charge in [0.2, 0.25) is 0 Å². The number of thiophene rings is 1. The van der Waals surface area contributed by atoms with Crippen LogP contribution in [-0.2, 0) is 12.8 Å². The van der Waals surface area contributed by atoms with E-state index in [-0.39, 0.29) is 16.0 Å². The van der Waals surface area contributed by atoms with Crippen molar-refractivity contribution >= 4 is 28.6 Å². The average Bonchev–Trinajstić information content (AvgIpc) is 2.92. The summed E-state index contributed by atoms with van der Waals surface area (Å²) in [6, 6.07) is 10.8. The monoisotopic (exact) mass is 309 g/mol. The summed E-state index contributed by atoms with van der Waals surface area (Å²) in [6.45, 7) is 0. The van der Waals surface area contributed by atoms with Crippen LogP contribution in [0.15, 0.2) is 41.8 Å². The van der Waals surface area contributed by atoms with Crippen LogP contribution in [0.1, 0.15) is 23.3 Å². The lowest BCUT2D eigenvalue weighted by Gasteiger charge is -2.08. The molecule has 2 aromatic rings. The molecule has 0 saturated heterocycles. The molecule has 0 aliphatic heterocycles. The Hall–Kier alpha value is -1.39. The second kappa shape index (κ2) is 7.41. The zero-order valence-corrected chi connectivity index (χ0v) is 12.6. The molecule has 1 unspecified atom stereocenters. The van der Waals surface area contributed by atoms with Crippen molar-refractivity contribution in [3.63, 3.8) is 0 Å². The molecule has 1 atom stereocenters. The molecule has 0 saturated carbocycles. The molecule has 5 heteroatoms. The van der Waals surface area contributed by atoms with Gasteiger partial charge in [-0.05, 0) is 42.7 Å². The van der Waals surface area contributed by atoms with E-state index >= 15 is 0 Å². The third kappa shape index (κ3) is 4.62. The van der Waals surface area contributed by atoms with Crippen molar-refractivity contribution in [3.05, 3.63) is 62.3 Å². The maximum absolute atomic E-state index is 10.6. The van der Waals surface area contributed by atoms with Crippen molar-refractivity contribution in [2.24, 2.45) is 0 Å². The van der Waals surface area contributed by atoms with Gasteiger partial charge in [-0.1, -0.05) is 18.2 Å². The Labute approximate surface area is 127 Å². The molecule has 0 bridgehead atoms. The minimum Gasteiger partial charge on any atom is -0.258 e. The van der Waals surface area contributed by atoms with Crippen molar-refractivity contribution in [2.75, 3.05) is 0 Å². The van der Waals surface area contributed by atoms with Gasteiger partial charge in [-0.3, -0.25) is 10.1 Å². The maximum Gasteiger partial charge on any atom is 0.269 e. The lowest BCUT2D eigenvalue weighted by molar-refractivity contribution is -0.384. The number of rotatable bonds is 7. The predicted molar refractivity (Wildman–Crippen MR) is 83.7 cm³/mol. The van der Waals surface area contributed by atoms with Crippen LogP contribution >= 0.6 is 22.9 Å². The first-order chi connectivity index (χ1) is 9.65. The molecular weight excluding hydrogens is 294 g/mol. The van der Waals surface area contributed by atoms with E-state index in [1.165, 1.54) is 17.0 Å². The summed E-state index contributed by atoms with van der Waals surface area (Å²) in [5.74, 6) is 0. The molecule has 0 aliphatic rings. The van der Waals surface area contributed by atoms with E-state index in [4.69, 9.17) is 11.6 Å². The van der Waals surface area contributed by atoms with E-state index in [0.29, 0.717) is 0 Å². The molecule has 0 radical (unpaired) electrons. The number of nitrogens with zero attached hydrogens (tertiary/aromatic N) is 1. The van der Waals surface area contributed by atoms with Crippen LogP contribution < -0.4 is 0 Å². The zero-order valence-electron chi connectivity index (χ0n) is 11.0. The molecule has 0 fully saturated rings. The first-order valence-corrected chi connectivity index (χ1v) is 7.86. The lowest BCUT2D eigenvalue weighted by atomic mass is 10.0. The third-order valence-corrected chi connectivity index (χ3v) is 4.43. The topological polar surface area (TPSA) is 43.1 Å². The Kier molecular flexibility index (Phi) is 5.56. The molecular formula is C15H16ClNO2S. The predicted octanol–water partition coefficient (Wildman–Crippen LogP) is 4.83. The second-order valence-electron chi connectivity index (χ2n) is 4.70. The zero-order chi connectivity index (χ0) is 14.4. The number of aryl methyl sites for hydroxylation is 1. The number of benzene rings is 1. The highest BCUT2D eigenvalue weighted by Gasteiger charge is 2.09. The molecule has 0 spiro atoms. The fourth-order valence-corrected chi connectivity index (χ4v) is 3.15. The number of alkyl halides is 1. The molecule has 106 valence electrons. The van der Waals surface area contributed by atoms with Crippen LogP contribution in [-0.4, -0.2) is 10.3 Å². The number of non-ortho nitro benzene ring substituents is 1. The molecule has 1 aromatic carbocycles. The van der Waals surface area contributed by atoms with Gasteiger partial charge in [-0.15, -0.1) is 22.9 Å². The standard InChI is InChI=1S/C15H16ClNO2S/c16-13(3-1-4-15-5-2-10-20-15)11-12-6-8-14(9-7-12)17(18)19/h2,5-10,13H,1,3-4,11H2. The summed E-state index contributed by atoms with van der Waals surface area (Å²) in [7, 11) is 0. The van der Waals surface area contributed by atoms with Gasteiger partial charge >= 0.3 is 0 Å². The molecule has 0 aliphatic carbocycles. The molecule has 1 aromatic heterocycles. The summed E-state index contributed by atoms with van der Waals surface area (Å²) >= 11 is 8.10. The number of hydrogen-bond acceptors (Lipinski definition) is 3. The summed E-state index contributed by atoms with van der Waals surface area (Å²) in [4.78, 5) is 11.6. The van der Waals surface area contributed by atoms with E-state index in [1.807, 2.05) is 0 Å². The van der Waals surface area contributed by atoms with Crippen LogP contribution in [0.5, 0.6) is 0 Å². The fourth-order valence-electron chi connectivity index (χ4n) is 2.06. The molecule has 2 rings (SSSR count). The van der Waals surface area contributed by atoms with Gasteiger partial charge in [-0.25, -0.2) is 0 Å². The van der Waals surface area contributed by atoms with Gasteiger partial charge in [-0.2, -0.15) is 0 Å². The largest absolute Gasteiger partial charge is 0.269 e. The number of nitro groups is 1. The quantitative estimate of drug-likeness (QED) is 0.418. The first-order valence-electron chi connectivity index (χ1n) is 6.55. The van der Waals surface area contributed by atoms with Gasteiger partial charge in [0.25, 0.3) is 5.69 Å². The van der Waals surface area contributed by atoms with Crippen molar-refractivity contribution in [1.29, 1.82) is 0 Å². The third-order valence-electron chi connectivity index (χ3n) is 3.12. The van der Waals surface area contributed by atoms with E-state index < -0.39 is 0 Å². The number of hydrogen-bond donors (Lipinski definition) is 0. The minimum absolute atomic E-state index is 0.0800. The second-order valence-corrected chi connectivity index (χ2v) is 6.35. The Morgan fingerprint density at radius 2 is 2.00 bits per heavy atom. The highest BCUT2D eigenvalue weighted by Crippen LogP contribution is 2.19. The van der Waals surface area contributed by atoms with Gasteiger partial charge in [0.05, 0.1) is 4.92 Å². The van der Waals surface area contributed by atoms with Gasteiger partial charge in [0.15, 0.2) is 0 Å². The average molecular weight is 310 g/mol. The Balaban J connectivity index is 1.76. The molecule has 3 nitrogen and oxygen atoms in total. The first kappa shape index (κ1) is 15.0. The van der Waals surface area contributed by atoms with Crippen LogP contribution in [0.3, 0.4) is 0 Å². The van der Waals surface area contributed by atoms with Crippen molar-refractivity contribution < 1.29 is 4.92 Å². The van der Waals surface area contributed by atoms with Crippen LogP contribution in [0.2, 0.25) is 0 Å². The SMILES string of the molecule is O=[N+]([O-])c1ccc(CC(Cl)CCCc2cccs2)cc1. The number of halogens is 1. The molecule has 20 heavy (non-hydrogen) atoms.